The third-order valence-electron chi connectivity index (χ3n) is 5.47. The van der Waals surface area contributed by atoms with E-state index in [1.54, 1.807) is 11.3 Å². The lowest BCUT2D eigenvalue weighted by Gasteiger charge is -2.25. The number of likely N-dealkylation sites (N-methyl/N-ethyl adjacent to an activating group) is 1. The minimum absolute atomic E-state index is 0. The van der Waals surface area contributed by atoms with Crippen molar-refractivity contribution in [3.05, 3.63) is 53.6 Å². The van der Waals surface area contributed by atoms with Gasteiger partial charge in [0.15, 0.2) is 5.13 Å². The Labute approximate surface area is 201 Å². The second kappa shape index (κ2) is 12.8. The molecule has 3 rings (SSSR count). The fourth-order valence-electron chi connectivity index (χ4n) is 3.46. The Balaban J connectivity index is 0.00000363. The number of thiazole rings is 1. The molecule has 0 atom stereocenters. The highest BCUT2D eigenvalue weighted by atomic mass is 35.5. The van der Waals surface area contributed by atoms with Crippen molar-refractivity contribution < 1.29 is 9.53 Å². The zero-order valence-corrected chi connectivity index (χ0v) is 21.1. The molecule has 1 aromatic heterocycles. The lowest BCUT2D eigenvalue weighted by Crippen LogP contribution is -2.38. The van der Waals surface area contributed by atoms with Crippen molar-refractivity contribution in [1.82, 2.24) is 9.88 Å². The normalized spacial score (nSPS) is 10.9. The smallest absolute Gasteiger partial charge is 0.260 e. The molecule has 3 aromatic rings. The molecule has 0 unspecified atom stereocenters. The van der Waals surface area contributed by atoms with Crippen LogP contribution in [0.4, 0.5) is 5.13 Å². The van der Waals surface area contributed by atoms with Crippen molar-refractivity contribution in [2.24, 2.45) is 0 Å². The summed E-state index contributed by atoms with van der Waals surface area (Å²) in [5.74, 6) is 0.702. The maximum absolute atomic E-state index is 13.6. The number of para-hydroxylation sites is 1. The van der Waals surface area contributed by atoms with Crippen LogP contribution in [0.2, 0.25) is 0 Å². The standard InChI is InChI=1S/C25H33N3O2S.ClH/c1-5-8-17-30-21-13-10-12-20(18-21)24(29)28(16-15-27(6-2)7-3)25-26-23-19(4)11-9-14-22(23)31-25;/h9-14,18H,5-8,15-17H2,1-4H3;1H. The highest BCUT2D eigenvalue weighted by molar-refractivity contribution is 7.22. The van der Waals surface area contributed by atoms with Gasteiger partial charge in [0, 0.05) is 18.7 Å². The summed E-state index contributed by atoms with van der Waals surface area (Å²) in [5, 5.41) is 0.749. The minimum Gasteiger partial charge on any atom is -0.494 e. The highest BCUT2D eigenvalue weighted by Crippen LogP contribution is 2.31. The van der Waals surface area contributed by atoms with Crippen molar-refractivity contribution >= 4 is 45.0 Å². The second-order valence-electron chi connectivity index (χ2n) is 7.63. The van der Waals surface area contributed by atoms with Gasteiger partial charge >= 0.3 is 0 Å². The number of amides is 1. The molecular formula is C25H34ClN3O2S. The Bertz CT molecular complexity index is 1000. The number of carbonyl (C=O) groups is 1. The van der Waals surface area contributed by atoms with Gasteiger partial charge in [-0.05, 0) is 56.3 Å². The van der Waals surface area contributed by atoms with Crippen LogP contribution in [0.1, 0.15) is 49.5 Å². The zero-order chi connectivity index (χ0) is 22.2. The summed E-state index contributed by atoms with van der Waals surface area (Å²) in [6.07, 6.45) is 2.08. The van der Waals surface area contributed by atoms with E-state index in [1.165, 1.54) is 0 Å². The molecule has 0 radical (unpaired) electrons. The average Bonchev–Trinajstić information content (AvgIpc) is 3.22. The minimum atomic E-state index is -0.0372. The van der Waals surface area contributed by atoms with E-state index < -0.39 is 0 Å². The van der Waals surface area contributed by atoms with Gasteiger partial charge < -0.3 is 9.64 Å². The summed E-state index contributed by atoms with van der Waals surface area (Å²) in [5.41, 5.74) is 2.73. The average molecular weight is 476 g/mol. The number of nitrogens with zero attached hydrogens (tertiary/aromatic N) is 3. The first-order valence-electron chi connectivity index (χ1n) is 11.2. The maximum atomic E-state index is 13.6. The molecule has 1 heterocycles. The molecule has 7 heteroatoms. The summed E-state index contributed by atoms with van der Waals surface area (Å²) >= 11 is 1.57. The number of fused-ring (bicyclic) bond motifs is 1. The molecule has 0 saturated carbocycles. The van der Waals surface area contributed by atoms with Gasteiger partial charge in [-0.2, -0.15) is 0 Å². The van der Waals surface area contributed by atoms with Crippen LogP contribution in [0.15, 0.2) is 42.5 Å². The summed E-state index contributed by atoms with van der Waals surface area (Å²) in [7, 11) is 0. The van der Waals surface area contributed by atoms with Gasteiger partial charge in [-0.25, -0.2) is 4.98 Å². The van der Waals surface area contributed by atoms with E-state index in [9.17, 15) is 4.79 Å². The van der Waals surface area contributed by atoms with Crippen LogP contribution in [0.25, 0.3) is 10.2 Å². The van der Waals surface area contributed by atoms with Crippen LogP contribution in [0.3, 0.4) is 0 Å². The first kappa shape index (κ1) is 26.1. The number of halogens is 1. The number of unbranched alkanes of at least 4 members (excludes halogenated alkanes) is 1. The number of hydrogen-bond donors (Lipinski definition) is 0. The van der Waals surface area contributed by atoms with E-state index in [1.807, 2.05) is 35.2 Å². The van der Waals surface area contributed by atoms with Crippen LogP contribution in [-0.4, -0.2) is 48.6 Å². The van der Waals surface area contributed by atoms with Gasteiger partial charge in [0.25, 0.3) is 5.91 Å². The lowest BCUT2D eigenvalue weighted by atomic mass is 10.2. The number of rotatable bonds is 11. The number of anilines is 1. The molecule has 0 fully saturated rings. The van der Waals surface area contributed by atoms with Crippen LogP contribution in [0.5, 0.6) is 5.75 Å². The first-order chi connectivity index (χ1) is 15.1. The molecule has 0 aliphatic rings. The van der Waals surface area contributed by atoms with E-state index in [-0.39, 0.29) is 18.3 Å². The Kier molecular flexibility index (Phi) is 10.4. The molecular weight excluding hydrogens is 442 g/mol. The van der Waals surface area contributed by atoms with Gasteiger partial charge in [-0.1, -0.05) is 56.7 Å². The number of ether oxygens (including phenoxy) is 1. The van der Waals surface area contributed by atoms with E-state index in [0.29, 0.717) is 18.7 Å². The van der Waals surface area contributed by atoms with E-state index in [2.05, 4.69) is 44.7 Å². The quantitative estimate of drug-likeness (QED) is 0.310. The van der Waals surface area contributed by atoms with Crippen LogP contribution >= 0.6 is 23.7 Å². The van der Waals surface area contributed by atoms with Crippen molar-refractivity contribution in [3.63, 3.8) is 0 Å². The molecule has 5 nitrogen and oxygen atoms in total. The molecule has 0 aliphatic carbocycles. The number of benzene rings is 2. The van der Waals surface area contributed by atoms with Crippen molar-refractivity contribution in [2.75, 3.05) is 37.7 Å². The second-order valence-corrected chi connectivity index (χ2v) is 8.64. The molecule has 0 spiro atoms. The fraction of sp³-hybridized carbons (Fsp3) is 0.440. The predicted octanol–water partition coefficient (Wildman–Crippen LogP) is 6.19. The van der Waals surface area contributed by atoms with Gasteiger partial charge in [0.2, 0.25) is 0 Å². The van der Waals surface area contributed by atoms with Gasteiger partial charge in [-0.15, -0.1) is 12.4 Å². The maximum Gasteiger partial charge on any atom is 0.260 e. The van der Waals surface area contributed by atoms with Crippen molar-refractivity contribution in [2.45, 2.75) is 40.5 Å². The Morgan fingerprint density at radius 2 is 1.81 bits per heavy atom. The molecule has 1 amide bonds. The monoisotopic (exact) mass is 475 g/mol. The third-order valence-corrected chi connectivity index (χ3v) is 6.51. The van der Waals surface area contributed by atoms with Crippen molar-refractivity contribution in [1.29, 1.82) is 0 Å². The highest BCUT2D eigenvalue weighted by Gasteiger charge is 2.22. The largest absolute Gasteiger partial charge is 0.494 e. The zero-order valence-electron chi connectivity index (χ0n) is 19.5. The SMILES string of the molecule is CCCCOc1cccc(C(=O)N(CCN(CC)CC)c2nc3c(C)cccc3s2)c1.Cl. The van der Waals surface area contributed by atoms with Gasteiger partial charge in [0.05, 0.1) is 16.8 Å². The molecule has 0 N–H and O–H groups in total. The van der Waals surface area contributed by atoms with E-state index in [4.69, 9.17) is 9.72 Å². The lowest BCUT2D eigenvalue weighted by molar-refractivity contribution is 0.0983. The summed E-state index contributed by atoms with van der Waals surface area (Å²) in [6, 6.07) is 13.7. The summed E-state index contributed by atoms with van der Waals surface area (Å²) in [6.45, 7) is 12.5. The van der Waals surface area contributed by atoms with Crippen LogP contribution in [0, 0.1) is 6.92 Å². The number of carbonyl (C=O) groups excluding carboxylic acids is 1. The van der Waals surface area contributed by atoms with Crippen LogP contribution < -0.4 is 9.64 Å². The van der Waals surface area contributed by atoms with Gasteiger partial charge in [0.1, 0.15) is 5.75 Å². The van der Waals surface area contributed by atoms with Gasteiger partial charge in [-0.3, -0.25) is 9.69 Å². The molecule has 0 aliphatic heterocycles. The van der Waals surface area contributed by atoms with E-state index in [0.717, 1.165) is 59.1 Å². The van der Waals surface area contributed by atoms with E-state index >= 15 is 0 Å². The summed E-state index contributed by atoms with van der Waals surface area (Å²) in [4.78, 5) is 22.6. The molecule has 32 heavy (non-hydrogen) atoms. The topological polar surface area (TPSA) is 45.7 Å². The van der Waals surface area contributed by atoms with Crippen LogP contribution in [-0.2, 0) is 0 Å². The Morgan fingerprint density at radius 1 is 1.06 bits per heavy atom. The van der Waals surface area contributed by atoms with Crippen molar-refractivity contribution in [3.8, 4) is 5.75 Å². The third kappa shape index (κ3) is 6.44. The molecule has 0 bridgehead atoms. The molecule has 0 saturated heterocycles. The summed E-state index contributed by atoms with van der Waals surface area (Å²) < 4.78 is 6.93. The Morgan fingerprint density at radius 3 is 2.50 bits per heavy atom. The predicted molar refractivity (Wildman–Crippen MR) is 138 cm³/mol. The Hall–Kier alpha value is -2.15. The number of hydrogen-bond acceptors (Lipinski definition) is 5. The first-order valence-corrected chi connectivity index (χ1v) is 12.0. The molecule has 174 valence electrons. The number of aryl methyl sites for hydroxylation is 1. The molecule has 2 aromatic carbocycles. The number of aromatic nitrogens is 1. The fourth-order valence-corrected chi connectivity index (χ4v) is 4.53.